The Labute approximate surface area is 135 Å². The van der Waals surface area contributed by atoms with Crippen molar-refractivity contribution in [2.75, 3.05) is 23.7 Å². The third-order valence-electron chi connectivity index (χ3n) is 3.25. The van der Waals surface area contributed by atoms with Crippen LogP contribution in [-0.2, 0) is 9.59 Å². The Balaban J connectivity index is 0.00000220. The molecule has 3 N–H and O–H groups in total. The SMILES string of the molecule is CC(=O)Nc1ccc(Cl)c(NC(=O)C2CCNCC2)c1.Cl. The monoisotopic (exact) mass is 331 g/mol. The van der Waals surface area contributed by atoms with Gasteiger partial charge in [0.25, 0.3) is 0 Å². The Bertz CT molecular complexity index is 517. The van der Waals surface area contributed by atoms with Gasteiger partial charge in [-0.05, 0) is 44.1 Å². The van der Waals surface area contributed by atoms with Crippen molar-refractivity contribution in [2.24, 2.45) is 5.92 Å². The van der Waals surface area contributed by atoms with Crippen LogP contribution in [0.5, 0.6) is 0 Å². The van der Waals surface area contributed by atoms with Crippen molar-refractivity contribution < 1.29 is 9.59 Å². The molecule has 0 unspecified atom stereocenters. The number of carbonyl (C=O) groups is 2. The summed E-state index contributed by atoms with van der Waals surface area (Å²) in [7, 11) is 0. The van der Waals surface area contributed by atoms with Crippen LogP contribution in [0.3, 0.4) is 0 Å². The summed E-state index contributed by atoms with van der Waals surface area (Å²) in [4.78, 5) is 23.2. The van der Waals surface area contributed by atoms with Crippen molar-refractivity contribution in [3.63, 3.8) is 0 Å². The first-order valence-electron chi connectivity index (χ1n) is 6.65. The van der Waals surface area contributed by atoms with Crippen LogP contribution in [0.1, 0.15) is 19.8 Å². The molecule has 1 fully saturated rings. The van der Waals surface area contributed by atoms with Crippen LogP contribution in [0.4, 0.5) is 11.4 Å². The van der Waals surface area contributed by atoms with E-state index in [-0.39, 0.29) is 30.1 Å². The molecule has 0 saturated carbocycles. The van der Waals surface area contributed by atoms with Gasteiger partial charge in [0.2, 0.25) is 11.8 Å². The fourth-order valence-electron chi connectivity index (χ4n) is 2.22. The lowest BCUT2D eigenvalue weighted by atomic mass is 9.97. The van der Waals surface area contributed by atoms with Crippen molar-refractivity contribution in [1.29, 1.82) is 0 Å². The normalized spacial score (nSPS) is 15.0. The Kier molecular flexibility index (Phi) is 6.95. The number of benzene rings is 1. The van der Waals surface area contributed by atoms with E-state index in [1.54, 1.807) is 18.2 Å². The summed E-state index contributed by atoms with van der Waals surface area (Å²) >= 11 is 6.08. The van der Waals surface area contributed by atoms with Crippen LogP contribution in [0.15, 0.2) is 18.2 Å². The van der Waals surface area contributed by atoms with Crippen molar-refractivity contribution in [3.05, 3.63) is 23.2 Å². The molecule has 2 amide bonds. The standard InChI is InChI=1S/C14H18ClN3O2.ClH/c1-9(19)17-11-2-3-12(15)13(8-11)18-14(20)10-4-6-16-7-5-10;/h2-3,8,10,16H,4-7H2,1H3,(H,17,19)(H,18,20);1H. The molecule has 0 aliphatic carbocycles. The first kappa shape index (κ1) is 17.8. The van der Waals surface area contributed by atoms with E-state index >= 15 is 0 Å². The molecule has 0 aromatic heterocycles. The molecule has 0 radical (unpaired) electrons. The fraction of sp³-hybridized carbons (Fsp3) is 0.429. The van der Waals surface area contributed by atoms with Gasteiger partial charge in [-0.1, -0.05) is 11.6 Å². The molecule has 0 spiro atoms. The molecule has 0 atom stereocenters. The third kappa shape index (κ3) is 5.19. The van der Waals surface area contributed by atoms with Crippen molar-refractivity contribution in [3.8, 4) is 0 Å². The zero-order valence-corrected chi connectivity index (χ0v) is 13.3. The number of piperidine rings is 1. The van der Waals surface area contributed by atoms with Gasteiger partial charge < -0.3 is 16.0 Å². The molecule has 1 heterocycles. The second kappa shape index (κ2) is 8.22. The molecule has 0 bridgehead atoms. The quantitative estimate of drug-likeness (QED) is 0.797. The highest BCUT2D eigenvalue weighted by atomic mass is 35.5. The van der Waals surface area contributed by atoms with Gasteiger partial charge in [0.15, 0.2) is 0 Å². The number of hydrogen-bond donors (Lipinski definition) is 3. The molecule has 1 aliphatic rings. The molecule has 1 aromatic rings. The van der Waals surface area contributed by atoms with Gasteiger partial charge >= 0.3 is 0 Å². The van der Waals surface area contributed by atoms with Crippen molar-refractivity contribution in [1.82, 2.24) is 5.32 Å². The second-order valence-electron chi connectivity index (χ2n) is 4.89. The van der Waals surface area contributed by atoms with Crippen LogP contribution >= 0.6 is 24.0 Å². The highest BCUT2D eigenvalue weighted by Gasteiger charge is 2.21. The van der Waals surface area contributed by atoms with E-state index < -0.39 is 0 Å². The van der Waals surface area contributed by atoms with Crippen LogP contribution < -0.4 is 16.0 Å². The maximum atomic E-state index is 12.2. The first-order valence-corrected chi connectivity index (χ1v) is 7.03. The van der Waals surface area contributed by atoms with E-state index in [2.05, 4.69) is 16.0 Å². The summed E-state index contributed by atoms with van der Waals surface area (Å²) in [6.07, 6.45) is 1.66. The highest BCUT2D eigenvalue weighted by molar-refractivity contribution is 6.33. The molecule has 2 rings (SSSR count). The topological polar surface area (TPSA) is 70.2 Å². The first-order chi connectivity index (χ1) is 9.56. The number of hydrogen-bond acceptors (Lipinski definition) is 3. The van der Waals surface area contributed by atoms with E-state index in [1.807, 2.05) is 0 Å². The molecular weight excluding hydrogens is 313 g/mol. The van der Waals surface area contributed by atoms with E-state index in [0.717, 1.165) is 25.9 Å². The lowest BCUT2D eigenvalue weighted by Crippen LogP contribution is -2.34. The summed E-state index contributed by atoms with van der Waals surface area (Å²) in [6.45, 7) is 3.15. The second-order valence-corrected chi connectivity index (χ2v) is 5.30. The Morgan fingerprint density at radius 1 is 1.24 bits per heavy atom. The molecule has 1 aliphatic heterocycles. The summed E-state index contributed by atoms with van der Waals surface area (Å²) in [5.74, 6) is -0.173. The van der Waals surface area contributed by atoms with E-state index in [4.69, 9.17) is 11.6 Å². The summed E-state index contributed by atoms with van der Waals surface area (Å²) in [6, 6.07) is 5.03. The Hall–Kier alpha value is -1.30. The molecule has 21 heavy (non-hydrogen) atoms. The van der Waals surface area contributed by atoms with Gasteiger partial charge in [0.05, 0.1) is 10.7 Å². The van der Waals surface area contributed by atoms with E-state index in [1.165, 1.54) is 6.92 Å². The molecule has 1 saturated heterocycles. The zero-order chi connectivity index (χ0) is 14.5. The van der Waals surface area contributed by atoms with Gasteiger partial charge in [0, 0.05) is 18.5 Å². The number of rotatable bonds is 3. The molecule has 5 nitrogen and oxygen atoms in total. The van der Waals surface area contributed by atoms with Crippen LogP contribution in [0.25, 0.3) is 0 Å². The van der Waals surface area contributed by atoms with Crippen molar-refractivity contribution in [2.45, 2.75) is 19.8 Å². The Morgan fingerprint density at radius 3 is 2.52 bits per heavy atom. The predicted molar refractivity (Wildman–Crippen MR) is 87.2 cm³/mol. The number of anilines is 2. The maximum Gasteiger partial charge on any atom is 0.227 e. The van der Waals surface area contributed by atoms with Gasteiger partial charge in [0.1, 0.15) is 0 Å². The third-order valence-corrected chi connectivity index (χ3v) is 3.58. The fourth-order valence-corrected chi connectivity index (χ4v) is 2.39. The predicted octanol–water partition coefficient (Wildman–Crippen LogP) is 2.66. The van der Waals surface area contributed by atoms with Crippen LogP contribution in [0.2, 0.25) is 5.02 Å². The zero-order valence-electron chi connectivity index (χ0n) is 11.7. The van der Waals surface area contributed by atoms with Gasteiger partial charge in [-0.2, -0.15) is 0 Å². The molecule has 1 aromatic carbocycles. The minimum atomic E-state index is -0.164. The summed E-state index contributed by atoms with van der Waals surface area (Å²) in [5, 5.41) is 9.19. The summed E-state index contributed by atoms with van der Waals surface area (Å²) < 4.78 is 0. The van der Waals surface area contributed by atoms with Crippen LogP contribution in [0, 0.1) is 5.92 Å². The lowest BCUT2D eigenvalue weighted by Gasteiger charge is -2.22. The van der Waals surface area contributed by atoms with Gasteiger partial charge in [-0.25, -0.2) is 0 Å². The van der Waals surface area contributed by atoms with E-state index in [9.17, 15) is 9.59 Å². The van der Waals surface area contributed by atoms with Crippen LogP contribution in [-0.4, -0.2) is 24.9 Å². The minimum absolute atomic E-state index is 0. The van der Waals surface area contributed by atoms with Gasteiger partial charge in [-0.15, -0.1) is 12.4 Å². The number of carbonyl (C=O) groups excluding carboxylic acids is 2. The highest BCUT2D eigenvalue weighted by Crippen LogP contribution is 2.26. The summed E-state index contributed by atoms with van der Waals surface area (Å²) in [5.41, 5.74) is 1.14. The van der Waals surface area contributed by atoms with Gasteiger partial charge in [-0.3, -0.25) is 9.59 Å². The van der Waals surface area contributed by atoms with E-state index in [0.29, 0.717) is 16.4 Å². The number of amides is 2. The average molecular weight is 332 g/mol. The maximum absolute atomic E-state index is 12.2. The average Bonchev–Trinajstić information content (AvgIpc) is 2.43. The molecular formula is C14H19Cl2N3O2. The number of halogens is 2. The number of nitrogens with one attached hydrogen (secondary N) is 3. The minimum Gasteiger partial charge on any atom is -0.326 e. The Morgan fingerprint density at radius 2 is 1.90 bits per heavy atom. The van der Waals surface area contributed by atoms with Crippen molar-refractivity contribution >= 4 is 47.2 Å². The molecule has 116 valence electrons. The largest absolute Gasteiger partial charge is 0.326 e. The smallest absolute Gasteiger partial charge is 0.227 e. The lowest BCUT2D eigenvalue weighted by molar-refractivity contribution is -0.120. The molecule has 7 heteroatoms.